The van der Waals surface area contributed by atoms with Gasteiger partial charge in [-0.2, -0.15) is 0 Å². The van der Waals surface area contributed by atoms with Crippen molar-refractivity contribution in [2.45, 2.75) is 37.2 Å². The summed E-state index contributed by atoms with van der Waals surface area (Å²) in [4.78, 5) is 0.341. The molecule has 0 saturated heterocycles. The van der Waals surface area contributed by atoms with Crippen LogP contribution in [-0.2, 0) is 10.0 Å². The zero-order valence-corrected chi connectivity index (χ0v) is 12.7. The van der Waals surface area contributed by atoms with Crippen molar-refractivity contribution in [2.75, 3.05) is 14.1 Å². The van der Waals surface area contributed by atoms with Crippen molar-refractivity contribution in [1.29, 1.82) is 0 Å². The van der Waals surface area contributed by atoms with Gasteiger partial charge < -0.3 is 5.32 Å². The number of rotatable bonds is 5. The lowest BCUT2D eigenvalue weighted by atomic mass is 10.1. The van der Waals surface area contributed by atoms with Crippen molar-refractivity contribution < 1.29 is 8.42 Å². The molecule has 0 aliphatic heterocycles. The number of hydrogen-bond acceptors (Lipinski definition) is 3. The molecule has 1 aromatic carbocycles. The molecule has 1 aliphatic carbocycles. The second-order valence-electron chi connectivity index (χ2n) is 5.56. The number of nitrogens with one attached hydrogen (secondary N) is 1. The first-order chi connectivity index (χ1) is 8.82. The summed E-state index contributed by atoms with van der Waals surface area (Å²) in [6.07, 6.45) is 1.23. The van der Waals surface area contributed by atoms with Crippen LogP contribution in [0.5, 0.6) is 0 Å². The van der Waals surface area contributed by atoms with Crippen LogP contribution in [0.1, 0.15) is 31.9 Å². The molecule has 1 saturated carbocycles. The summed E-state index contributed by atoms with van der Waals surface area (Å²) in [5.41, 5.74) is 1.12. The highest BCUT2D eigenvalue weighted by molar-refractivity contribution is 7.89. The van der Waals surface area contributed by atoms with E-state index < -0.39 is 10.0 Å². The van der Waals surface area contributed by atoms with Gasteiger partial charge in [-0.15, -0.1) is 0 Å². The van der Waals surface area contributed by atoms with Gasteiger partial charge >= 0.3 is 0 Å². The van der Waals surface area contributed by atoms with Crippen LogP contribution in [0.15, 0.2) is 29.2 Å². The van der Waals surface area contributed by atoms with Gasteiger partial charge in [0.2, 0.25) is 10.0 Å². The van der Waals surface area contributed by atoms with Gasteiger partial charge in [0.15, 0.2) is 0 Å². The van der Waals surface area contributed by atoms with Crippen LogP contribution >= 0.6 is 0 Å². The van der Waals surface area contributed by atoms with Gasteiger partial charge in [-0.3, -0.25) is 0 Å². The summed E-state index contributed by atoms with van der Waals surface area (Å²) in [6, 6.07) is 8.01. The van der Waals surface area contributed by atoms with Crippen molar-refractivity contribution in [2.24, 2.45) is 5.92 Å². The summed E-state index contributed by atoms with van der Waals surface area (Å²) in [5, 5.41) is 3.54. The third-order valence-corrected chi connectivity index (χ3v) is 5.56. The minimum absolute atomic E-state index is 0.256. The summed E-state index contributed by atoms with van der Waals surface area (Å²) < 4.78 is 25.1. The predicted octanol–water partition coefficient (Wildman–Crippen LogP) is 2.00. The molecule has 0 aromatic heterocycles. The monoisotopic (exact) mass is 282 g/mol. The summed E-state index contributed by atoms with van der Waals surface area (Å²) >= 11 is 0. The Bertz CT molecular complexity index is 537. The highest BCUT2D eigenvalue weighted by atomic mass is 32.2. The molecule has 1 aromatic rings. The second-order valence-corrected chi connectivity index (χ2v) is 7.72. The first-order valence-corrected chi connectivity index (χ1v) is 8.05. The SMILES string of the molecule is CC(NC1CC1C)c1ccc(S(=O)(=O)N(C)C)cc1. The van der Waals surface area contributed by atoms with Crippen LogP contribution < -0.4 is 5.32 Å². The van der Waals surface area contributed by atoms with Crippen molar-refractivity contribution in [3.05, 3.63) is 29.8 Å². The van der Waals surface area contributed by atoms with E-state index in [9.17, 15) is 8.42 Å². The van der Waals surface area contributed by atoms with Crippen LogP contribution in [0, 0.1) is 5.92 Å². The first kappa shape index (κ1) is 14.5. The molecule has 5 heteroatoms. The lowest BCUT2D eigenvalue weighted by Crippen LogP contribution is -2.23. The molecule has 0 bridgehead atoms. The van der Waals surface area contributed by atoms with E-state index in [1.54, 1.807) is 26.2 Å². The van der Waals surface area contributed by atoms with E-state index in [0.29, 0.717) is 10.9 Å². The van der Waals surface area contributed by atoms with E-state index in [0.717, 1.165) is 11.5 Å². The molecule has 1 aliphatic rings. The lowest BCUT2D eigenvalue weighted by Gasteiger charge is -2.16. The van der Waals surface area contributed by atoms with E-state index in [1.165, 1.54) is 10.7 Å². The van der Waals surface area contributed by atoms with E-state index in [4.69, 9.17) is 0 Å². The molecule has 4 nitrogen and oxygen atoms in total. The highest BCUT2D eigenvalue weighted by Gasteiger charge is 2.33. The van der Waals surface area contributed by atoms with Crippen molar-refractivity contribution >= 4 is 10.0 Å². The Morgan fingerprint density at radius 3 is 2.21 bits per heavy atom. The summed E-state index contributed by atoms with van der Waals surface area (Å²) in [5.74, 6) is 0.760. The third kappa shape index (κ3) is 3.16. The van der Waals surface area contributed by atoms with Crippen LogP contribution in [-0.4, -0.2) is 32.9 Å². The van der Waals surface area contributed by atoms with Gasteiger partial charge in [0.1, 0.15) is 0 Å². The first-order valence-electron chi connectivity index (χ1n) is 6.61. The van der Waals surface area contributed by atoms with E-state index in [2.05, 4.69) is 19.2 Å². The van der Waals surface area contributed by atoms with Gasteiger partial charge in [0, 0.05) is 26.2 Å². The number of hydrogen-bond donors (Lipinski definition) is 1. The van der Waals surface area contributed by atoms with Crippen LogP contribution in [0.25, 0.3) is 0 Å². The minimum Gasteiger partial charge on any atom is -0.307 e. The van der Waals surface area contributed by atoms with E-state index in [-0.39, 0.29) is 6.04 Å². The molecule has 0 spiro atoms. The Hall–Kier alpha value is -0.910. The zero-order valence-electron chi connectivity index (χ0n) is 11.9. The van der Waals surface area contributed by atoms with E-state index in [1.807, 2.05) is 12.1 Å². The number of nitrogens with zero attached hydrogens (tertiary/aromatic N) is 1. The largest absolute Gasteiger partial charge is 0.307 e. The molecule has 0 amide bonds. The molecule has 3 atom stereocenters. The molecule has 106 valence electrons. The standard InChI is InChI=1S/C14H22N2O2S/c1-10-9-14(10)15-11(2)12-5-7-13(8-6-12)19(17,18)16(3)4/h5-8,10-11,14-15H,9H2,1-4H3. The van der Waals surface area contributed by atoms with Gasteiger partial charge in [0.05, 0.1) is 4.90 Å². The maximum Gasteiger partial charge on any atom is 0.242 e. The number of benzene rings is 1. The van der Waals surface area contributed by atoms with Gasteiger partial charge in [0.25, 0.3) is 0 Å². The van der Waals surface area contributed by atoms with Crippen LogP contribution in [0.3, 0.4) is 0 Å². The fraction of sp³-hybridized carbons (Fsp3) is 0.571. The Morgan fingerprint density at radius 1 is 1.26 bits per heavy atom. The Morgan fingerprint density at radius 2 is 1.79 bits per heavy atom. The number of sulfonamides is 1. The molecular weight excluding hydrogens is 260 g/mol. The summed E-state index contributed by atoms with van der Waals surface area (Å²) in [6.45, 7) is 4.34. The molecule has 2 rings (SSSR count). The Kier molecular flexibility index (Phi) is 3.99. The average molecular weight is 282 g/mol. The highest BCUT2D eigenvalue weighted by Crippen LogP contribution is 2.31. The fourth-order valence-electron chi connectivity index (χ4n) is 2.11. The molecule has 3 unspecified atom stereocenters. The molecule has 0 radical (unpaired) electrons. The molecule has 0 heterocycles. The maximum atomic E-state index is 12.0. The summed E-state index contributed by atoms with van der Waals surface area (Å²) in [7, 11) is -0.239. The van der Waals surface area contributed by atoms with Crippen molar-refractivity contribution in [3.8, 4) is 0 Å². The lowest BCUT2D eigenvalue weighted by molar-refractivity contribution is 0.520. The topological polar surface area (TPSA) is 49.4 Å². The smallest absolute Gasteiger partial charge is 0.242 e. The van der Waals surface area contributed by atoms with Crippen molar-refractivity contribution in [3.63, 3.8) is 0 Å². The molecular formula is C14H22N2O2S. The Balaban J connectivity index is 2.10. The van der Waals surface area contributed by atoms with Gasteiger partial charge in [-0.25, -0.2) is 12.7 Å². The normalized spacial score (nSPS) is 24.5. The van der Waals surface area contributed by atoms with Crippen LogP contribution in [0.2, 0.25) is 0 Å². The third-order valence-electron chi connectivity index (χ3n) is 3.73. The predicted molar refractivity (Wildman–Crippen MR) is 76.4 cm³/mol. The van der Waals surface area contributed by atoms with Crippen LogP contribution in [0.4, 0.5) is 0 Å². The van der Waals surface area contributed by atoms with Gasteiger partial charge in [-0.05, 0) is 37.0 Å². The second kappa shape index (κ2) is 5.23. The maximum absolute atomic E-state index is 12.0. The quantitative estimate of drug-likeness (QED) is 0.898. The zero-order chi connectivity index (χ0) is 14.2. The molecule has 1 N–H and O–H groups in total. The van der Waals surface area contributed by atoms with Crippen molar-refractivity contribution in [1.82, 2.24) is 9.62 Å². The molecule has 1 fully saturated rings. The minimum atomic E-state index is -3.33. The fourth-order valence-corrected chi connectivity index (χ4v) is 3.01. The van der Waals surface area contributed by atoms with Gasteiger partial charge in [-0.1, -0.05) is 19.1 Å². The van der Waals surface area contributed by atoms with E-state index >= 15 is 0 Å². The average Bonchev–Trinajstić information content (AvgIpc) is 3.04. The molecule has 19 heavy (non-hydrogen) atoms. The Labute approximate surface area is 115 Å².